The number of carbonyl (C=O) groups is 1. The van der Waals surface area contributed by atoms with Crippen LogP contribution >= 0.6 is 22.6 Å². The third-order valence-electron chi connectivity index (χ3n) is 2.67. The predicted molar refractivity (Wildman–Crippen MR) is 73.7 cm³/mol. The first-order valence-electron chi connectivity index (χ1n) is 5.23. The molecule has 2 rings (SSSR count). The summed E-state index contributed by atoms with van der Waals surface area (Å²) in [5.74, 6) is 0.0248. The van der Waals surface area contributed by atoms with Gasteiger partial charge in [0.1, 0.15) is 0 Å². The Hall–Kier alpha value is -0.630. The summed E-state index contributed by atoms with van der Waals surface area (Å²) in [6.07, 6.45) is 0.512. The van der Waals surface area contributed by atoms with Crippen molar-refractivity contribution < 1.29 is 13.2 Å². The quantitative estimate of drug-likeness (QED) is 0.802. The molecule has 17 heavy (non-hydrogen) atoms. The van der Waals surface area contributed by atoms with E-state index in [0.29, 0.717) is 12.0 Å². The molecule has 0 aliphatic carbocycles. The van der Waals surface area contributed by atoms with Gasteiger partial charge < -0.3 is 5.32 Å². The van der Waals surface area contributed by atoms with Crippen molar-refractivity contribution in [2.75, 3.05) is 11.5 Å². The minimum atomic E-state index is -2.95. The van der Waals surface area contributed by atoms with Crippen LogP contribution in [0.25, 0.3) is 0 Å². The molecule has 0 radical (unpaired) electrons. The summed E-state index contributed by atoms with van der Waals surface area (Å²) in [5, 5.41) is 2.75. The first kappa shape index (κ1) is 12.8. The standard InChI is InChI=1S/C11H12INO3S/c12-9-3-1-8(2-4-9)11(14)13-10-5-6-17(15,16)7-10/h1-4,10H,5-7H2,(H,13,14)/t10-/m1/s1. The van der Waals surface area contributed by atoms with Crippen LogP contribution in [0.15, 0.2) is 24.3 Å². The summed E-state index contributed by atoms with van der Waals surface area (Å²) in [5.41, 5.74) is 0.565. The highest BCUT2D eigenvalue weighted by Crippen LogP contribution is 2.12. The normalized spacial score (nSPS) is 22.3. The zero-order valence-corrected chi connectivity index (χ0v) is 12.0. The van der Waals surface area contributed by atoms with Gasteiger partial charge in [0.2, 0.25) is 0 Å². The van der Waals surface area contributed by atoms with Crippen molar-refractivity contribution in [1.29, 1.82) is 0 Å². The van der Waals surface area contributed by atoms with Gasteiger partial charge in [-0.15, -0.1) is 0 Å². The third-order valence-corrected chi connectivity index (χ3v) is 5.16. The van der Waals surface area contributed by atoms with Gasteiger partial charge in [-0.1, -0.05) is 0 Å². The summed E-state index contributed by atoms with van der Waals surface area (Å²) < 4.78 is 23.6. The molecule has 1 heterocycles. The Morgan fingerprint density at radius 1 is 1.29 bits per heavy atom. The minimum absolute atomic E-state index is 0.0586. The Bertz CT molecular complexity index is 524. The molecule has 0 unspecified atom stereocenters. The number of rotatable bonds is 2. The van der Waals surface area contributed by atoms with E-state index in [1.54, 1.807) is 12.1 Å². The van der Waals surface area contributed by atoms with E-state index in [0.717, 1.165) is 3.57 Å². The van der Waals surface area contributed by atoms with E-state index in [9.17, 15) is 13.2 Å². The molecule has 1 aromatic carbocycles. The summed E-state index contributed by atoms with van der Waals surface area (Å²) in [6, 6.07) is 6.93. The maximum absolute atomic E-state index is 11.8. The lowest BCUT2D eigenvalue weighted by atomic mass is 10.2. The second-order valence-electron chi connectivity index (χ2n) is 4.08. The molecule has 0 bridgehead atoms. The summed E-state index contributed by atoms with van der Waals surface area (Å²) in [7, 11) is -2.95. The molecule has 1 atom stereocenters. The Morgan fingerprint density at radius 3 is 2.47 bits per heavy atom. The largest absolute Gasteiger partial charge is 0.348 e. The molecule has 1 amide bonds. The molecule has 4 nitrogen and oxygen atoms in total. The van der Waals surface area contributed by atoms with Gasteiger partial charge in [0, 0.05) is 15.2 Å². The Morgan fingerprint density at radius 2 is 1.94 bits per heavy atom. The number of hydrogen-bond donors (Lipinski definition) is 1. The average Bonchev–Trinajstić information content (AvgIpc) is 2.59. The Labute approximate surface area is 114 Å². The zero-order valence-electron chi connectivity index (χ0n) is 9.02. The van der Waals surface area contributed by atoms with Crippen LogP contribution in [0.2, 0.25) is 0 Å². The van der Waals surface area contributed by atoms with Gasteiger partial charge in [-0.3, -0.25) is 4.79 Å². The number of benzene rings is 1. The topological polar surface area (TPSA) is 63.2 Å². The van der Waals surface area contributed by atoms with Gasteiger partial charge >= 0.3 is 0 Å². The van der Waals surface area contributed by atoms with Crippen molar-refractivity contribution in [3.05, 3.63) is 33.4 Å². The highest BCUT2D eigenvalue weighted by atomic mass is 127. The molecular formula is C11H12INO3S. The van der Waals surface area contributed by atoms with Crippen LogP contribution in [0, 0.1) is 3.57 Å². The first-order valence-corrected chi connectivity index (χ1v) is 8.13. The maximum Gasteiger partial charge on any atom is 0.251 e. The molecule has 0 aromatic heterocycles. The van der Waals surface area contributed by atoms with Crippen molar-refractivity contribution in [3.8, 4) is 0 Å². The van der Waals surface area contributed by atoms with Crippen molar-refractivity contribution in [2.45, 2.75) is 12.5 Å². The Kier molecular flexibility index (Phi) is 3.72. The van der Waals surface area contributed by atoms with Crippen LogP contribution in [0.3, 0.4) is 0 Å². The average molecular weight is 365 g/mol. The second-order valence-corrected chi connectivity index (χ2v) is 7.55. The monoisotopic (exact) mass is 365 g/mol. The number of hydrogen-bond acceptors (Lipinski definition) is 3. The summed E-state index contributed by atoms with van der Waals surface area (Å²) >= 11 is 2.16. The molecule has 1 aliphatic heterocycles. The van der Waals surface area contributed by atoms with E-state index in [2.05, 4.69) is 27.9 Å². The summed E-state index contributed by atoms with van der Waals surface area (Å²) in [6.45, 7) is 0. The van der Waals surface area contributed by atoms with Crippen LogP contribution in [-0.2, 0) is 9.84 Å². The molecule has 1 saturated heterocycles. The smallest absolute Gasteiger partial charge is 0.251 e. The van der Waals surface area contributed by atoms with Crippen LogP contribution < -0.4 is 5.32 Å². The van der Waals surface area contributed by atoms with Crippen LogP contribution in [0.5, 0.6) is 0 Å². The van der Waals surface area contributed by atoms with E-state index in [1.807, 2.05) is 12.1 Å². The van der Waals surface area contributed by atoms with Crippen LogP contribution in [0.4, 0.5) is 0 Å². The predicted octanol–water partition coefficient (Wildman–Crippen LogP) is 1.21. The number of nitrogens with one attached hydrogen (secondary N) is 1. The zero-order chi connectivity index (χ0) is 12.5. The maximum atomic E-state index is 11.8. The fourth-order valence-electron chi connectivity index (χ4n) is 1.78. The number of amides is 1. The van der Waals surface area contributed by atoms with Gasteiger partial charge in [0.25, 0.3) is 5.91 Å². The molecule has 1 aromatic rings. The fraction of sp³-hybridized carbons (Fsp3) is 0.364. The third kappa shape index (κ3) is 3.41. The molecule has 1 fully saturated rings. The number of sulfone groups is 1. The van der Waals surface area contributed by atoms with E-state index < -0.39 is 9.84 Å². The lowest BCUT2D eigenvalue weighted by molar-refractivity contribution is 0.0941. The fourth-order valence-corrected chi connectivity index (χ4v) is 3.81. The second kappa shape index (κ2) is 4.93. The van der Waals surface area contributed by atoms with Crippen molar-refractivity contribution >= 4 is 38.3 Å². The van der Waals surface area contributed by atoms with Gasteiger partial charge in [-0.25, -0.2) is 8.42 Å². The molecule has 6 heteroatoms. The summed E-state index contributed by atoms with van der Waals surface area (Å²) in [4.78, 5) is 11.8. The molecular weight excluding hydrogens is 353 g/mol. The molecule has 0 spiro atoms. The van der Waals surface area contributed by atoms with Crippen molar-refractivity contribution in [1.82, 2.24) is 5.32 Å². The van der Waals surface area contributed by atoms with E-state index in [4.69, 9.17) is 0 Å². The van der Waals surface area contributed by atoms with Gasteiger partial charge in [0.05, 0.1) is 11.5 Å². The van der Waals surface area contributed by atoms with E-state index in [1.165, 1.54) is 0 Å². The van der Waals surface area contributed by atoms with Crippen molar-refractivity contribution in [2.24, 2.45) is 0 Å². The van der Waals surface area contributed by atoms with Crippen LogP contribution in [0.1, 0.15) is 16.8 Å². The van der Waals surface area contributed by atoms with E-state index >= 15 is 0 Å². The van der Waals surface area contributed by atoms with Gasteiger partial charge in [0.15, 0.2) is 9.84 Å². The van der Waals surface area contributed by atoms with E-state index in [-0.39, 0.29) is 23.5 Å². The first-order chi connectivity index (χ1) is 7.96. The molecule has 1 aliphatic rings. The molecule has 1 N–H and O–H groups in total. The van der Waals surface area contributed by atoms with Gasteiger partial charge in [-0.2, -0.15) is 0 Å². The highest BCUT2D eigenvalue weighted by molar-refractivity contribution is 14.1. The number of halogens is 1. The van der Waals surface area contributed by atoms with Crippen LogP contribution in [-0.4, -0.2) is 31.9 Å². The van der Waals surface area contributed by atoms with Crippen molar-refractivity contribution in [3.63, 3.8) is 0 Å². The highest BCUT2D eigenvalue weighted by Gasteiger charge is 2.28. The minimum Gasteiger partial charge on any atom is -0.348 e. The SMILES string of the molecule is O=C(N[C@@H]1CCS(=O)(=O)C1)c1ccc(I)cc1. The lowest BCUT2D eigenvalue weighted by Gasteiger charge is -2.10. The van der Waals surface area contributed by atoms with Gasteiger partial charge in [-0.05, 0) is 53.3 Å². The molecule has 0 saturated carbocycles. The Balaban J connectivity index is 2.01. The lowest BCUT2D eigenvalue weighted by Crippen LogP contribution is -2.35. The number of carbonyl (C=O) groups excluding carboxylic acids is 1. The molecule has 92 valence electrons.